The van der Waals surface area contributed by atoms with Gasteiger partial charge in [-0.2, -0.15) is 5.06 Å². The number of hydrogen-bond acceptors (Lipinski definition) is 7. The Hall–Kier alpha value is -2.00. The van der Waals surface area contributed by atoms with Crippen molar-refractivity contribution in [2.75, 3.05) is 47.1 Å². The molecule has 0 saturated carbocycles. The summed E-state index contributed by atoms with van der Waals surface area (Å²) in [6.07, 6.45) is 1.77. The maximum atomic E-state index is 13.7. The van der Waals surface area contributed by atoms with E-state index in [0.29, 0.717) is 45.8 Å². The maximum Gasteiger partial charge on any atom is 0.334 e. The molecule has 2 aliphatic heterocycles. The van der Waals surface area contributed by atoms with Gasteiger partial charge in [-0.3, -0.25) is 9.63 Å². The number of piperidine rings is 1. The van der Waals surface area contributed by atoms with E-state index >= 15 is 0 Å². The van der Waals surface area contributed by atoms with Crippen LogP contribution in [0.4, 0.5) is 0 Å². The first-order chi connectivity index (χ1) is 15.3. The van der Waals surface area contributed by atoms with Crippen molar-refractivity contribution >= 4 is 11.9 Å². The van der Waals surface area contributed by atoms with Gasteiger partial charge in [-0.25, -0.2) is 9.86 Å². The number of aryl methyl sites for hydroxylation is 3. The number of methoxy groups -OCH3 is 1. The van der Waals surface area contributed by atoms with Crippen LogP contribution in [0.15, 0.2) is 12.1 Å². The first-order valence-corrected chi connectivity index (χ1v) is 11.3. The first kappa shape index (κ1) is 24.6. The molecule has 8 nitrogen and oxygen atoms in total. The van der Waals surface area contributed by atoms with E-state index in [1.54, 1.807) is 12.2 Å². The molecule has 8 heteroatoms. The molecule has 0 aromatic heterocycles. The minimum absolute atomic E-state index is 0.159. The predicted octanol–water partition coefficient (Wildman–Crippen LogP) is 2.52. The van der Waals surface area contributed by atoms with E-state index in [2.05, 4.69) is 12.1 Å². The third-order valence-electron chi connectivity index (χ3n) is 6.62. The molecular formula is C24H36N2O6. The van der Waals surface area contributed by atoms with Crippen LogP contribution in [0.25, 0.3) is 0 Å². The van der Waals surface area contributed by atoms with Crippen LogP contribution in [-0.2, 0) is 35.2 Å². The summed E-state index contributed by atoms with van der Waals surface area (Å²) in [5.74, 6) is -0.501. The van der Waals surface area contributed by atoms with Crippen molar-refractivity contribution in [1.82, 2.24) is 10.1 Å². The average molecular weight is 449 g/mol. The first-order valence-electron chi connectivity index (χ1n) is 11.3. The van der Waals surface area contributed by atoms with Gasteiger partial charge >= 0.3 is 5.97 Å². The molecule has 1 aromatic rings. The highest BCUT2D eigenvalue weighted by Gasteiger charge is 2.51. The molecule has 1 aromatic carbocycles. The molecule has 0 radical (unpaired) electrons. The Morgan fingerprint density at radius 2 is 1.81 bits per heavy atom. The Kier molecular flexibility index (Phi) is 8.27. The second-order valence-electron chi connectivity index (χ2n) is 8.90. The lowest BCUT2D eigenvalue weighted by Gasteiger charge is -2.44. The van der Waals surface area contributed by atoms with Crippen LogP contribution in [0.1, 0.15) is 41.5 Å². The summed E-state index contributed by atoms with van der Waals surface area (Å²) in [6, 6.07) is 4.15. The molecular weight excluding hydrogens is 412 g/mol. The summed E-state index contributed by atoms with van der Waals surface area (Å²) in [5.41, 5.74) is 3.05. The molecule has 0 N–H and O–H groups in total. The largest absolute Gasteiger partial charge is 0.467 e. The number of hydroxylamine groups is 4. The van der Waals surface area contributed by atoms with Crippen LogP contribution in [0.5, 0.6) is 0 Å². The second-order valence-corrected chi connectivity index (χ2v) is 8.90. The fourth-order valence-electron chi connectivity index (χ4n) is 4.76. The van der Waals surface area contributed by atoms with Crippen LogP contribution in [0.2, 0.25) is 0 Å². The minimum Gasteiger partial charge on any atom is -0.467 e. The molecule has 1 atom stereocenters. The Bertz CT molecular complexity index is 790. The molecule has 0 spiro atoms. The van der Waals surface area contributed by atoms with Crippen LogP contribution in [0.3, 0.4) is 0 Å². The second kappa shape index (κ2) is 10.7. The number of hydrogen-bond donors (Lipinski definition) is 0. The highest BCUT2D eigenvalue weighted by atomic mass is 16.7. The fourth-order valence-corrected chi connectivity index (χ4v) is 4.76. The normalized spacial score (nSPS) is 20.8. The minimum atomic E-state index is -1.19. The predicted molar refractivity (Wildman–Crippen MR) is 119 cm³/mol. The third kappa shape index (κ3) is 5.31. The van der Waals surface area contributed by atoms with E-state index in [1.165, 1.54) is 12.2 Å². The van der Waals surface area contributed by atoms with Gasteiger partial charge in [0.25, 0.3) is 5.91 Å². The molecule has 2 fully saturated rings. The summed E-state index contributed by atoms with van der Waals surface area (Å²) < 4.78 is 10.6. The molecule has 32 heavy (non-hydrogen) atoms. The van der Waals surface area contributed by atoms with E-state index in [0.717, 1.165) is 28.7 Å². The molecule has 0 aliphatic carbocycles. The van der Waals surface area contributed by atoms with Crippen molar-refractivity contribution in [3.8, 4) is 0 Å². The topological polar surface area (TPSA) is 77.5 Å². The number of esters is 1. The van der Waals surface area contributed by atoms with Crippen LogP contribution < -0.4 is 0 Å². The van der Waals surface area contributed by atoms with Crippen molar-refractivity contribution in [1.29, 1.82) is 0 Å². The fraction of sp³-hybridized carbons (Fsp3) is 0.667. The van der Waals surface area contributed by atoms with Gasteiger partial charge in [0.1, 0.15) is 0 Å². The zero-order chi connectivity index (χ0) is 23.3. The highest BCUT2D eigenvalue weighted by molar-refractivity contribution is 5.88. The van der Waals surface area contributed by atoms with Crippen molar-refractivity contribution < 1.29 is 28.7 Å². The van der Waals surface area contributed by atoms with Crippen LogP contribution in [0, 0.1) is 26.7 Å². The van der Waals surface area contributed by atoms with Gasteiger partial charge in [-0.1, -0.05) is 17.7 Å². The van der Waals surface area contributed by atoms with Crippen molar-refractivity contribution in [3.63, 3.8) is 0 Å². The Labute approximate surface area is 190 Å². The maximum absolute atomic E-state index is 13.7. The zero-order valence-corrected chi connectivity index (χ0v) is 19.9. The highest BCUT2D eigenvalue weighted by Crippen LogP contribution is 2.33. The van der Waals surface area contributed by atoms with Crippen molar-refractivity contribution in [2.45, 2.75) is 52.0 Å². The van der Waals surface area contributed by atoms with Crippen molar-refractivity contribution in [2.24, 2.45) is 5.92 Å². The lowest BCUT2D eigenvalue weighted by Crippen LogP contribution is -2.62. The van der Waals surface area contributed by atoms with Gasteiger partial charge in [0, 0.05) is 25.6 Å². The van der Waals surface area contributed by atoms with E-state index in [1.807, 2.05) is 20.8 Å². The Morgan fingerprint density at radius 1 is 1.16 bits per heavy atom. The average Bonchev–Trinajstić information content (AvgIpc) is 3.29. The summed E-state index contributed by atoms with van der Waals surface area (Å²) >= 11 is 0. The number of carbonyl (C=O) groups excluding carboxylic acids is 2. The van der Waals surface area contributed by atoms with Gasteiger partial charge in [0.15, 0.2) is 5.54 Å². The SMILES string of the molecule is COC(=O)C1(N(OCC2CCOC2)C(=O)Cc2c(C)cc(C)cc2C)CCN(OC)CC1. The number of rotatable bonds is 8. The van der Waals surface area contributed by atoms with Crippen LogP contribution >= 0.6 is 0 Å². The van der Waals surface area contributed by atoms with Gasteiger partial charge in [-0.15, -0.1) is 0 Å². The number of benzene rings is 1. The molecule has 0 bridgehead atoms. The van der Waals surface area contributed by atoms with E-state index in [-0.39, 0.29) is 18.2 Å². The van der Waals surface area contributed by atoms with Gasteiger partial charge in [0.2, 0.25) is 0 Å². The number of nitrogens with zero attached hydrogens (tertiary/aromatic N) is 2. The van der Waals surface area contributed by atoms with Crippen molar-refractivity contribution in [3.05, 3.63) is 34.4 Å². The molecule has 2 saturated heterocycles. The monoisotopic (exact) mass is 448 g/mol. The number of ether oxygens (including phenoxy) is 2. The van der Waals surface area contributed by atoms with Gasteiger partial charge in [0.05, 0.1) is 33.9 Å². The Balaban J connectivity index is 1.90. The molecule has 178 valence electrons. The molecule has 2 heterocycles. The van der Waals surface area contributed by atoms with Crippen LogP contribution in [-0.4, -0.2) is 74.7 Å². The third-order valence-corrected chi connectivity index (χ3v) is 6.62. The van der Waals surface area contributed by atoms with E-state index in [9.17, 15) is 9.59 Å². The summed E-state index contributed by atoms with van der Waals surface area (Å²) in [5, 5.41) is 3.10. The van der Waals surface area contributed by atoms with Gasteiger partial charge < -0.3 is 14.3 Å². The molecule has 3 rings (SSSR count). The summed E-state index contributed by atoms with van der Waals surface area (Å²) in [4.78, 5) is 38.3. The molecule has 2 aliphatic rings. The smallest absolute Gasteiger partial charge is 0.334 e. The quantitative estimate of drug-likeness (QED) is 0.447. The lowest BCUT2D eigenvalue weighted by molar-refractivity contribution is -0.251. The van der Waals surface area contributed by atoms with Gasteiger partial charge in [-0.05, 0) is 56.7 Å². The zero-order valence-electron chi connectivity index (χ0n) is 19.9. The van der Waals surface area contributed by atoms with E-state index < -0.39 is 11.5 Å². The summed E-state index contributed by atoms with van der Waals surface area (Å²) in [7, 11) is 2.96. The Morgan fingerprint density at radius 3 is 2.34 bits per heavy atom. The lowest BCUT2D eigenvalue weighted by atomic mass is 9.86. The van der Waals surface area contributed by atoms with E-state index in [4.69, 9.17) is 19.1 Å². The molecule has 1 unspecified atom stereocenters. The number of amides is 1. The molecule has 1 amide bonds. The standard InChI is InChI=1S/C24H36N2O6/c1-17-12-18(2)21(19(3)13-17)14-22(27)26(32-16-20-6-11-31-15-20)24(23(28)29-4)7-9-25(30-5)10-8-24/h12-13,20H,6-11,14-16H2,1-5H3. The number of carbonyl (C=O) groups is 2. The summed E-state index contributed by atoms with van der Waals surface area (Å²) in [6.45, 7) is 8.66.